The Morgan fingerprint density at radius 1 is 1.05 bits per heavy atom. The zero-order chi connectivity index (χ0) is 15.2. The molecule has 2 fully saturated rings. The van der Waals surface area contributed by atoms with Crippen LogP contribution in [0.1, 0.15) is 25.0 Å². The molecule has 5 nitrogen and oxygen atoms in total. The van der Waals surface area contributed by atoms with Gasteiger partial charge in [0, 0.05) is 18.8 Å². The molecule has 22 heavy (non-hydrogen) atoms. The third kappa shape index (κ3) is 2.33. The first-order chi connectivity index (χ1) is 10.7. The third-order valence-corrected chi connectivity index (χ3v) is 5.39. The van der Waals surface area contributed by atoms with Crippen molar-refractivity contribution in [3.05, 3.63) is 24.2 Å². The second-order valence-electron chi connectivity index (χ2n) is 6.99. The van der Waals surface area contributed by atoms with Crippen LogP contribution < -0.4 is 4.90 Å². The lowest BCUT2D eigenvalue weighted by Gasteiger charge is -2.37. The van der Waals surface area contributed by atoms with Crippen LogP contribution >= 0.6 is 0 Å². The number of fused-ring (bicyclic) bond motifs is 1. The Morgan fingerprint density at radius 3 is 2.64 bits per heavy atom. The number of likely N-dealkylation sites (tertiary alicyclic amines) is 1. The Labute approximate surface area is 131 Å². The summed E-state index contributed by atoms with van der Waals surface area (Å²) in [4.78, 5) is 18.5. The number of nitrogens with zero attached hydrogens (tertiary/aromatic N) is 5. The summed E-state index contributed by atoms with van der Waals surface area (Å²) in [5, 5.41) is 0. The molecule has 4 rings (SSSR count). The van der Waals surface area contributed by atoms with Gasteiger partial charge in [-0.1, -0.05) is 0 Å². The van der Waals surface area contributed by atoms with E-state index in [-0.39, 0.29) is 0 Å². The maximum atomic E-state index is 4.69. The number of anilines is 1. The van der Waals surface area contributed by atoms with Crippen LogP contribution in [0.3, 0.4) is 0 Å². The van der Waals surface area contributed by atoms with Crippen LogP contribution in [0, 0.1) is 12.3 Å². The van der Waals surface area contributed by atoms with E-state index in [0.29, 0.717) is 5.41 Å². The predicted molar refractivity (Wildman–Crippen MR) is 88.1 cm³/mol. The van der Waals surface area contributed by atoms with Crippen LogP contribution in [0.15, 0.2) is 18.5 Å². The zero-order valence-corrected chi connectivity index (χ0v) is 13.4. The highest BCUT2D eigenvalue weighted by Gasteiger charge is 2.40. The van der Waals surface area contributed by atoms with E-state index in [1.54, 1.807) is 6.33 Å². The summed E-state index contributed by atoms with van der Waals surface area (Å²) in [6.07, 6.45) is 5.55. The predicted octanol–water partition coefficient (Wildman–Crippen LogP) is 2.26. The normalized spacial score (nSPS) is 21.8. The minimum Gasteiger partial charge on any atom is -0.354 e. The molecule has 2 aliphatic heterocycles. The average molecular weight is 297 g/mol. The van der Waals surface area contributed by atoms with Gasteiger partial charge >= 0.3 is 0 Å². The number of hydrogen-bond donors (Lipinski definition) is 0. The van der Waals surface area contributed by atoms with E-state index in [9.17, 15) is 0 Å². The molecule has 0 radical (unpaired) electrons. The van der Waals surface area contributed by atoms with E-state index in [1.165, 1.54) is 32.4 Å². The van der Waals surface area contributed by atoms with E-state index in [2.05, 4.69) is 26.8 Å². The monoisotopic (exact) mass is 297 g/mol. The van der Waals surface area contributed by atoms with Gasteiger partial charge < -0.3 is 9.80 Å². The van der Waals surface area contributed by atoms with Crippen molar-refractivity contribution < 1.29 is 0 Å². The van der Waals surface area contributed by atoms with E-state index in [0.717, 1.165) is 35.6 Å². The molecule has 2 aromatic rings. The van der Waals surface area contributed by atoms with Crippen LogP contribution in [-0.2, 0) is 0 Å². The number of rotatable bonds is 1. The standard InChI is InChI=1S/C17H23N5/c1-13-3-4-14-15(20-13)16(19-12-18-14)22-10-7-17(11-22)5-8-21(2)9-6-17/h3-4,12H,5-11H2,1-2H3. The lowest BCUT2D eigenvalue weighted by Crippen LogP contribution is -2.39. The summed E-state index contributed by atoms with van der Waals surface area (Å²) in [5.41, 5.74) is 3.40. The molecule has 0 bridgehead atoms. The molecule has 2 aromatic heterocycles. The Kier molecular flexibility index (Phi) is 3.26. The highest BCUT2D eigenvalue weighted by molar-refractivity contribution is 5.85. The lowest BCUT2D eigenvalue weighted by atomic mass is 9.78. The summed E-state index contributed by atoms with van der Waals surface area (Å²) in [6, 6.07) is 4.06. The minimum atomic E-state index is 0.480. The molecule has 4 heterocycles. The van der Waals surface area contributed by atoms with Gasteiger partial charge in [-0.2, -0.15) is 0 Å². The fraction of sp³-hybridized carbons (Fsp3) is 0.588. The molecule has 2 aliphatic rings. The Bertz CT molecular complexity index is 691. The number of aromatic nitrogens is 3. The van der Waals surface area contributed by atoms with Crippen LogP contribution in [0.5, 0.6) is 0 Å². The molecule has 0 aliphatic carbocycles. The van der Waals surface area contributed by atoms with Crippen LogP contribution in [0.2, 0.25) is 0 Å². The van der Waals surface area contributed by atoms with Gasteiger partial charge in [-0.3, -0.25) is 0 Å². The average Bonchev–Trinajstić information content (AvgIpc) is 2.94. The highest BCUT2D eigenvalue weighted by atomic mass is 15.2. The first-order valence-electron chi connectivity index (χ1n) is 8.17. The van der Waals surface area contributed by atoms with Crippen molar-refractivity contribution in [3.63, 3.8) is 0 Å². The van der Waals surface area contributed by atoms with Crippen molar-refractivity contribution >= 4 is 16.9 Å². The summed E-state index contributed by atoms with van der Waals surface area (Å²) < 4.78 is 0. The second-order valence-corrected chi connectivity index (χ2v) is 6.99. The van der Waals surface area contributed by atoms with Gasteiger partial charge in [-0.05, 0) is 63.9 Å². The van der Waals surface area contributed by atoms with Gasteiger partial charge in [0.15, 0.2) is 5.82 Å². The van der Waals surface area contributed by atoms with E-state index in [1.807, 2.05) is 19.1 Å². The molecular weight excluding hydrogens is 274 g/mol. The first-order valence-corrected chi connectivity index (χ1v) is 8.17. The SMILES string of the molecule is Cc1ccc2ncnc(N3CCC4(CCN(C)CC4)C3)c2n1. The quantitative estimate of drug-likeness (QED) is 0.808. The van der Waals surface area contributed by atoms with Crippen molar-refractivity contribution in [1.29, 1.82) is 0 Å². The van der Waals surface area contributed by atoms with Gasteiger partial charge in [0.2, 0.25) is 0 Å². The zero-order valence-electron chi connectivity index (χ0n) is 13.4. The Balaban J connectivity index is 1.65. The maximum Gasteiger partial charge on any atom is 0.158 e. The fourth-order valence-corrected chi connectivity index (χ4v) is 3.87. The summed E-state index contributed by atoms with van der Waals surface area (Å²) >= 11 is 0. The van der Waals surface area contributed by atoms with E-state index in [4.69, 9.17) is 4.98 Å². The van der Waals surface area contributed by atoms with E-state index >= 15 is 0 Å². The largest absolute Gasteiger partial charge is 0.354 e. The van der Waals surface area contributed by atoms with Crippen LogP contribution in [0.25, 0.3) is 11.0 Å². The van der Waals surface area contributed by atoms with Gasteiger partial charge in [0.05, 0.1) is 5.52 Å². The van der Waals surface area contributed by atoms with E-state index < -0.39 is 0 Å². The molecule has 0 saturated carbocycles. The van der Waals surface area contributed by atoms with Gasteiger partial charge in [0.25, 0.3) is 0 Å². The topological polar surface area (TPSA) is 45.2 Å². The second kappa shape index (κ2) is 5.16. The maximum absolute atomic E-state index is 4.69. The number of hydrogen-bond acceptors (Lipinski definition) is 5. The highest BCUT2D eigenvalue weighted by Crippen LogP contribution is 2.42. The van der Waals surface area contributed by atoms with Crippen molar-refractivity contribution in [2.24, 2.45) is 5.41 Å². The molecule has 116 valence electrons. The molecule has 2 saturated heterocycles. The van der Waals surface area contributed by atoms with Gasteiger partial charge in [-0.15, -0.1) is 0 Å². The third-order valence-electron chi connectivity index (χ3n) is 5.39. The van der Waals surface area contributed by atoms with Crippen molar-refractivity contribution in [3.8, 4) is 0 Å². The summed E-state index contributed by atoms with van der Waals surface area (Å²) in [5.74, 6) is 1.02. The van der Waals surface area contributed by atoms with Gasteiger partial charge in [-0.25, -0.2) is 15.0 Å². The molecule has 1 spiro atoms. The molecule has 0 N–H and O–H groups in total. The number of piperidine rings is 1. The summed E-state index contributed by atoms with van der Waals surface area (Å²) in [7, 11) is 2.23. The fourth-order valence-electron chi connectivity index (χ4n) is 3.87. The lowest BCUT2D eigenvalue weighted by molar-refractivity contribution is 0.142. The molecule has 0 aromatic carbocycles. The van der Waals surface area contributed by atoms with Crippen LogP contribution in [-0.4, -0.2) is 53.1 Å². The van der Waals surface area contributed by atoms with Crippen LogP contribution in [0.4, 0.5) is 5.82 Å². The Morgan fingerprint density at radius 2 is 1.82 bits per heavy atom. The number of aryl methyl sites for hydroxylation is 1. The molecular formula is C17H23N5. The molecule has 0 atom stereocenters. The van der Waals surface area contributed by atoms with Crippen molar-refractivity contribution in [1.82, 2.24) is 19.9 Å². The molecule has 0 unspecified atom stereocenters. The Hall–Kier alpha value is -1.75. The number of pyridine rings is 1. The molecule has 5 heteroatoms. The summed E-state index contributed by atoms with van der Waals surface area (Å²) in [6.45, 7) is 6.66. The molecule has 0 amide bonds. The van der Waals surface area contributed by atoms with Crippen molar-refractivity contribution in [2.45, 2.75) is 26.2 Å². The van der Waals surface area contributed by atoms with Crippen molar-refractivity contribution in [2.75, 3.05) is 38.1 Å². The van der Waals surface area contributed by atoms with Gasteiger partial charge in [0.1, 0.15) is 11.8 Å². The smallest absolute Gasteiger partial charge is 0.158 e. The first kappa shape index (κ1) is 13.9. The minimum absolute atomic E-state index is 0.480.